The predicted molar refractivity (Wildman–Crippen MR) is 122 cm³/mol. The van der Waals surface area contributed by atoms with Crippen molar-refractivity contribution in [3.05, 3.63) is 67.1 Å². The van der Waals surface area contributed by atoms with Crippen LogP contribution < -0.4 is 0 Å². The van der Waals surface area contributed by atoms with E-state index in [4.69, 9.17) is 0 Å². The summed E-state index contributed by atoms with van der Waals surface area (Å²) in [5.74, 6) is 0.586. The molecular formula is C24H27N3S. The molecule has 0 aliphatic carbocycles. The molecule has 3 nitrogen and oxygen atoms in total. The Morgan fingerprint density at radius 3 is 2.39 bits per heavy atom. The Labute approximate surface area is 171 Å². The van der Waals surface area contributed by atoms with Gasteiger partial charge in [0.25, 0.3) is 0 Å². The van der Waals surface area contributed by atoms with E-state index in [0.29, 0.717) is 11.2 Å². The van der Waals surface area contributed by atoms with Gasteiger partial charge >= 0.3 is 0 Å². The molecule has 0 saturated carbocycles. The predicted octanol–water partition coefficient (Wildman–Crippen LogP) is 6.73. The Bertz CT molecular complexity index is 1070. The van der Waals surface area contributed by atoms with Gasteiger partial charge in [-0.3, -0.25) is 0 Å². The lowest BCUT2D eigenvalue weighted by atomic mass is 10.0. The molecule has 0 aliphatic heterocycles. The van der Waals surface area contributed by atoms with Crippen LogP contribution in [0.2, 0.25) is 0 Å². The first-order chi connectivity index (χ1) is 13.5. The zero-order chi connectivity index (χ0) is 19.7. The summed E-state index contributed by atoms with van der Waals surface area (Å²) in [4.78, 5) is 0. The van der Waals surface area contributed by atoms with Crippen LogP contribution in [0.5, 0.6) is 0 Å². The van der Waals surface area contributed by atoms with Crippen LogP contribution in [0.3, 0.4) is 0 Å². The second-order valence-electron chi connectivity index (χ2n) is 7.97. The zero-order valence-corrected chi connectivity index (χ0v) is 17.8. The Kier molecular flexibility index (Phi) is 5.31. The minimum Gasteiger partial charge on any atom is -0.347 e. The molecule has 4 aromatic rings. The number of fused-ring (bicyclic) bond motifs is 1. The fourth-order valence-corrected chi connectivity index (χ4v) is 4.30. The van der Waals surface area contributed by atoms with E-state index in [9.17, 15) is 0 Å². The number of rotatable bonds is 6. The molecule has 0 unspecified atom stereocenters. The number of hydrogen-bond donors (Lipinski definition) is 0. The smallest absolute Gasteiger partial charge is 0.0579 e. The molecule has 4 heteroatoms. The summed E-state index contributed by atoms with van der Waals surface area (Å²) in [5.41, 5.74) is 6.23. The summed E-state index contributed by atoms with van der Waals surface area (Å²) in [7, 11) is 0. The van der Waals surface area contributed by atoms with Gasteiger partial charge in [0.15, 0.2) is 0 Å². The van der Waals surface area contributed by atoms with Crippen molar-refractivity contribution in [2.24, 2.45) is 5.92 Å². The topological polar surface area (TPSA) is 22.8 Å². The van der Waals surface area contributed by atoms with Gasteiger partial charge in [0, 0.05) is 46.2 Å². The van der Waals surface area contributed by atoms with Crippen molar-refractivity contribution < 1.29 is 0 Å². The standard InChI is InChI=1S/C24H27N3S/c1-17(2)14-26-16-23(21-13-25-27(15-21)28-18(3)4)22-11-10-20(12-24(22)26)19-8-6-5-7-9-19/h5-13,15-18H,14H2,1-4H3. The average Bonchev–Trinajstić information content (AvgIpc) is 3.26. The van der Waals surface area contributed by atoms with Crippen LogP contribution >= 0.6 is 11.9 Å². The molecule has 4 rings (SSSR count). The summed E-state index contributed by atoms with van der Waals surface area (Å²) in [6.07, 6.45) is 6.42. The van der Waals surface area contributed by atoms with Crippen LogP contribution in [0, 0.1) is 5.92 Å². The molecule has 0 spiro atoms. The minimum absolute atomic E-state index is 0.503. The first-order valence-electron chi connectivity index (χ1n) is 9.92. The second kappa shape index (κ2) is 7.88. The first-order valence-corrected chi connectivity index (χ1v) is 10.8. The lowest BCUT2D eigenvalue weighted by molar-refractivity contribution is 0.535. The quantitative estimate of drug-likeness (QED) is 0.365. The molecule has 0 bridgehead atoms. The van der Waals surface area contributed by atoms with Crippen molar-refractivity contribution in [3.63, 3.8) is 0 Å². The van der Waals surface area contributed by atoms with Crippen LogP contribution in [0.15, 0.2) is 67.1 Å². The molecule has 0 aliphatic rings. The van der Waals surface area contributed by atoms with Gasteiger partial charge in [-0.15, -0.1) is 0 Å². The Morgan fingerprint density at radius 2 is 1.68 bits per heavy atom. The van der Waals surface area contributed by atoms with E-state index < -0.39 is 0 Å². The first kappa shape index (κ1) is 18.9. The van der Waals surface area contributed by atoms with Gasteiger partial charge in [-0.05, 0) is 35.1 Å². The van der Waals surface area contributed by atoms with Gasteiger partial charge in [0.2, 0.25) is 0 Å². The van der Waals surface area contributed by atoms with Gasteiger partial charge in [-0.1, -0.05) is 70.2 Å². The highest BCUT2D eigenvalue weighted by Crippen LogP contribution is 2.34. The number of benzene rings is 2. The third kappa shape index (κ3) is 3.88. The molecule has 2 heterocycles. The summed E-state index contributed by atoms with van der Waals surface area (Å²) in [6.45, 7) is 9.91. The fourth-order valence-electron chi connectivity index (χ4n) is 3.59. The highest BCUT2D eigenvalue weighted by atomic mass is 32.2. The summed E-state index contributed by atoms with van der Waals surface area (Å²) >= 11 is 1.74. The maximum atomic E-state index is 4.55. The number of aromatic nitrogens is 3. The molecule has 2 aromatic carbocycles. The van der Waals surface area contributed by atoms with Gasteiger partial charge in [-0.25, -0.2) is 4.09 Å². The SMILES string of the molecule is CC(C)Cn1cc(-c2cnn(SC(C)C)c2)c2ccc(-c3ccccc3)cc21. The van der Waals surface area contributed by atoms with Crippen molar-refractivity contribution in [1.29, 1.82) is 0 Å². The monoisotopic (exact) mass is 389 g/mol. The van der Waals surface area contributed by atoms with E-state index >= 15 is 0 Å². The van der Waals surface area contributed by atoms with Crippen LogP contribution in [-0.2, 0) is 6.54 Å². The van der Waals surface area contributed by atoms with Gasteiger partial charge < -0.3 is 4.57 Å². The van der Waals surface area contributed by atoms with Crippen LogP contribution in [0.1, 0.15) is 27.7 Å². The third-order valence-corrected chi connectivity index (χ3v) is 5.58. The Hall–Kier alpha value is -2.46. The Morgan fingerprint density at radius 1 is 0.893 bits per heavy atom. The molecule has 0 amide bonds. The van der Waals surface area contributed by atoms with Crippen molar-refractivity contribution >= 4 is 22.9 Å². The molecule has 28 heavy (non-hydrogen) atoms. The molecule has 0 radical (unpaired) electrons. The summed E-state index contributed by atoms with van der Waals surface area (Å²) in [5, 5.41) is 6.33. The van der Waals surface area contributed by atoms with E-state index in [1.54, 1.807) is 11.9 Å². The van der Waals surface area contributed by atoms with Crippen LogP contribution in [0.4, 0.5) is 0 Å². The maximum Gasteiger partial charge on any atom is 0.0579 e. The van der Waals surface area contributed by atoms with Gasteiger partial charge in [0.05, 0.1) is 6.20 Å². The molecule has 0 fully saturated rings. The molecule has 144 valence electrons. The van der Waals surface area contributed by atoms with Crippen molar-refractivity contribution in [3.8, 4) is 22.3 Å². The van der Waals surface area contributed by atoms with E-state index in [1.165, 1.54) is 33.2 Å². The zero-order valence-electron chi connectivity index (χ0n) is 17.0. The molecule has 0 atom stereocenters. The van der Waals surface area contributed by atoms with E-state index in [2.05, 4.69) is 98.3 Å². The molecular weight excluding hydrogens is 362 g/mol. The fraction of sp³-hybridized carbons (Fsp3) is 0.292. The van der Waals surface area contributed by atoms with Crippen LogP contribution in [-0.4, -0.2) is 19.0 Å². The van der Waals surface area contributed by atoms with E-state index in [1.807, 2.05) is 10.3 Å². The molecule has 2 aromatic heterocycles. The molecule has 0 saturated heterocycles. The van der Waals surface area contributed by atoms with Crippen LogP contribution in [0.25, 0.3) is 33.2 Å². The number of hydrogen-bond acceptors (Lipinski definition) is 2. The molecule has 0 N–H and O–H groups in total. The van der Waals surface area contributed by atoms with Crippen molar-refractivity contribution in [1.82, 2.24) is 13.8 Å². The number of nitrogens with zero attached hydrogens (tertiary/aromatic N) is 3. The van der Waals surface area contributed by atoms with Crippen molar-refractivity contribution in [2.45, 2.75) is 39.5 Å². The van der Waals surface area contributed by atoms with E-state index in [-0.39, 0.29) is 0 Å². The highest BCUT2D eigenvalue weighted by molar-refractivity contribution is 7.98. The second-order valence-corrected chi connectivity index (χ2v) is 9.50. The normalized spacial score (nSPS) is 11.8. The van der Waals surface area contributed by atoms with Gasteiger partial charge in [0.1, 0.15) is 0 Å². The summed E-state index contributed by atoms with van der Waals surface area (Å²) in [6, 6.07) is 17.4. The highest BCUT2D eigenvalue weighted by Gasteiger charge is 2.14. The van der Waals surface area contributed by atoms with Gasteiger partial charge in [-0.2, -0.15) is 5.10 Å². The Balaban J connectivity index is 1.82. The minimum atomic E-state index is 0.503. The third-order valence-electron chi connectivity index (χ3n) is 4.74. The average molecular weight is 390 g/mol. The largest absolute Gasteiger partial charge is 0.347 e. The maximum absolute atomic E-state index is 4.55. The summed E-state index contributed by atoms with van der Waals surface area (Å²) < 4.78 is 4.37. The lowest BCUT2D eigenvalue weighted by Gasteiger charge is -2.09. The lowest BCUT2D eigenvalue weighted by Crippen LogP contribution is -2.02. The van der Waals surface area contributed by atoms with Crippen molar-refractivity contribution in [2.75, 3.05) is 0 Å². The van der Waals surface area contributed by atoms with E-state index in [0.717, 1.165) is 6.54 Å².